The van der Waals surface area contributed by atoms with E-state index in [-0.39, 0.29) is 11.9 Å². The van der Waals surface area contributed by atoms with Crippen LogP contribution in [0.5, 0.6) is 5.75 Å². The summed E-state index contributed by atoms with van der Waals surface area (Å²) in [5.74, 6) is 0.833. The molecule has 0 aliphatic carbocycles. The molecular formula is C16H17N5O3. The van der Waals surface area contributed by atoms with E-state index in [1.165, 1.54) is 12.6 Å². The summed E-state index contributed by atoms with van der Waals surface area (Å²) in [6, 6.07) is 7.11. The average molecular weight is 327 g/mol. The van der Waals surface area contributed by atoms with Gasteiger partial charge in [-0.15, -0.1) is 0 Å². The molecule has 1 N–H and O–H groups in total. The van der Waals surface area contributed by atoms with Crippen LogP contribution in [0, 0.1) is 6.92 Å². The lowest BCUT2D eigenvalue weighted by Gasteiger charge is -2.11. The Labute approximate surface area is 138 Å². The first-order chi connectivity index (χ1) is 11.6. The van der Waals surface area contributed by atoms with Gasteiger partial charge in [0.25, 0.3) is 5.91 Å². The molecule has 1 unspecified atom stereocenters. The van der Waals surface area contributed by atoms with Crippen LogP contribution in [0.4, 0.5) is 0 Å². The first-order valence-corrected chi connectivity index (χ1v) is 7.37. The molecule has 2 aromatic heterocycles. The van der Waals surface area contributed by atoms with E-state index in [0.29, 0.717) is 22.8 Å². The van der Waals surface area contributed by atoms with Crippen molar-refractivity contribution in [3.63, 3.8) is 0 Å². The number of carbonyl (C=O) groups excluding carboxylic acids is 1. The second-order valence-corrected chi connectivity index (χ2v) is 5.21. The number of aromatic nitrogens is 4. The Morgan fingerprint density at radius 2 is 2.17 bits per heavy atom. The molecule has 24 heavy (non-hydrogen) atoms. The third-order valence-corrected chi connectivity index (χ3v) is 3.68. The van der Waals surface area contributed by atoms with Crippen LogP contribution in [-0.4, -0.2) is 32.9 Å². The summed E-state index contributed by atoms with van der Waals surface area (Å²) in [5, 5.41) is 10.9. The highest BCUT2D eigenvalue weighted by Gasteiger charge is 2.20. The minimum atomic E-state index is -0.370. The first kappa shape index (κ1) is 15.7. The molecule has 2 heterocycles. The van der Waals surface area contributed by atoms with Gasteiger partial charge < -0.3 is 14.6 Å². The molecule has 8 nitrogen and oxygen atoms in total. The minimum absolute atomic E-state index is 0.258. The summed E-state index contributed by atoms with van der Waals surface area (Å²) in [7, 11) is 1.60. The molecule has 0 aliphatic heterocycles. The Morgan fingerprint density at radius 1 is 1.38 bits per heavy atom. The highest BCUT2D eigenvalue weighted by Crippen LogP contribution is 2.24. The molecule has 3 rings (SSSR count). The van der Waals surface area contributed by atoms with Crippen molar-refractivity contribution in [1.29, 1.82) is 0 Å². The van der Waals surface area contributed by atoms with Crippen molar-refractivity contribution in [1.82, 2.24) is 25.2 Å². The molecule has 124 valence electrons. The van der Waals surface area contributed by atoms with Crippen molar-refractivity contribution in [2.45, 2.75) is 19.9 Å². The molecule has 0 aliphatic rings. The number of rotatable bonds is 5. The molecule has 0 bridgehead atoms. The maximum absolute atomic E-state index is 12.5. The maximum Gasteiger partial charge on any atom is 0.255 e. The van der Waals surface area contributed by atoms with E-state index in [0.717, 1.165) is 5.69 Å². The molecule has 0 spiro atoms. The zero-order chi connectivity index (χ0) is 17.1. The fourth-order valence-electron chi connectivity index (χ4n) is 2.39. The van der Waals surface area contributed by atoms with Gasteiger partial charge in [0.15, 0.2) is 5.82 Å². The molecule has 0 radical (unpaired) electrons. The van der Waals surface area contributed by atoms with E-state index in [2.05, 4.69) is 20.6 Å². The molecule has 1 amide bonds. The van der Waals surface area contributed by atoms with Crippen molar-refractivity contribution in [2.24, 2.45) is 0 Å². The van der Waals surface area contributed by atoms with Crippen molar-refractivity contribution < 1.29 is 14.1 Å². The second-order valence-electron chi connectivity index (χ2n) is 5.21. The third kappa shape index (κ3) is 2.85. The van der Waals surface area contributed by atoms with Gasteiger partial charge in [-0.1, -0.05) is 17.3 Å². The van der Waals surface area contributed by atoms with Gasteiger partial charge in [-0.2, -0.15) is 10.1 Å². The van der Waals surface area contributed by atoms with Gasteiger partial charge in [0.2, 0.25) is 6.39 Å². The Morgan fingerprint density at radius 3 is 2.88 bits per heavy atom. The molecule has 0 fully saturated rings. The summed E-state index contributed by atoms with van der Waals surface area (Å²) in [4.78, 5) is 16.4. The maximum atomic E-state index is 12.5. The lowest BCUT2D eigenvalue weighted by Crippen LogP contribution is -2.27. The number of nitrogens with zero attached hydrogens (tertiary/aromatic N) is 4. The van der Waals surface area contributed by atoms with Crippen LogP contribution >= 0.6 is 0 Å². The summed E-state index contributed by atoms with van der Waals surface area (Å²) >= 11 is 0. The highest BCUT2D eigenvalue weighted by atomic mass is 16.5. The number of hydrogen-bond acceptors (Lipinski definition) is 6. The van der Waals surface area contributed by atoms with E-state index in [4.69, 9.17) is 9.26 Å². The van der Waals surface area contributed by atoms with Crippen LogP contribution in [0.3, 0.4) is 0 Å². The number of hydrogen-bond donors (Lipinski definition) is 1. The number of methoxy groups -OCH3 is 1. The predicted octanol–water partition coefficient (Wildman–Crippen LogP) is 2.06. The van der Waals surface area contributed by atoms with Gasteiger partial charge in [-0.05, 0) is 26.0 Å². The quantitative estimate of drug-likeness (QED) is 0.771. The zero-order valence-electron chi connectivity index (χ0n) is 13.6. The van der Waals surface area contributed by atoms with Crippen LogP contribution in [0.1, 0.15) is 34.8 Å². The lowest BCUT2D eigenvalue weighted by molar-refractivity contribution is 0.0937. The molecule has 0 saturated heterocycles. The lowest BCUT2D eigenvalue weighted by atomic mass is 10.2. The molecule has 3 aromatic rings. The SMILES string of the molecule is COc1ccccc1-n1ncc(C(=O)NC(C)c2ncon2)c1C. The Kier molecular flexibility index (Phi) is 4.28. The van der Waals surface area contributed by atoms with Crippen molar-refractivity contribution in [2.75, 3.05) is 7.11 Å². The van der Waals surface area contributed by atoms with Gasteiger partial charge in [-0.3, -0.25) is 4.79 Å². The number of nitrogens with one attached hydrogen (secondary N) is 1. The summed E-state index contributed by atoms with van der Waals surface area (Å²) in [6.45, 7) is 3.61. The summed E-state index contributed by atoms with van der Waals surface area (Å²) < 4.78 is 11.7. The molecule has 8 heteroatoms. The smallest absolute Gasteiger partial charge is 0.255 e. The van der Waals surface area contributed by atoms with Gasteiger partial charge in [0.05, 0.1) is 30.6 Å². The van der Waals surface area contributed by atoms with E-state index >= 15 is 0 Å². The third-order valence-electron chi connectivity index (χ3n) is 3.68. The van der Waals surface area contributed by atoms with Crippen LogP contribution in [-0.2, 0) is 0 Å². The number of carbonyl (C=O) groups is 1. The molecular weight excluding hydrogens is 310 g/mol. The van der Waals surface area contributed by atoms with Gasteiger partial charge in [0.1, 0.15) is 11.4 Å². The van der Waals surface area contributed by atoms with Crippen LogP contribution in [0.2, 0.25) is 0 Å². The number of ether oxygens (including phenoxy) is 1. The average Bonchev–Trinajstić information content (AvgIpc) is 3.24. The Hall–Kier alpha value is -3.16. The standard InChI is InChI=1S/C16H17N5O3/c1-10(15-17-9-24-20-15)19-16(22)12-8-18-21(11(12)2)13-6-4-5-7-14(13)23-3/h4-10H,1-3H3,(H,19,22). The monoisotopic (exact) mass is 327 g/mol. The largest absolute Gasteiger partial charge is 0.494 e. The van der Waals surface area contributed by atoms with E-state index in [1.807, 2.05) is 31.2 Å². The zero-order valence-corrected chi connectivity index (χ0v) is 13.6. The number of amides is 1. The van der Waals surface area contributed by atoms with Gasteiger partial charge in [0, 0.05) is 0 Å². The molecule has 0 saturated carbocycles. The van der Waals surface area contributed by atoms with Crippen molar-refractivity contribution in [3.8, 4) is 11.4 Å². The Bertz CT molecular complexity index is 841. The normalized spacial score (nSPS) is 12.0. The van der Waals surface area contributed by atoms with Crippen molar-refractivity contribution >= 4 is 5.91 Å². The van der Waals surface area contributed by atoms with E-state index in [9.17, 15) is 4.79 Å². The van der Waals surface area contributed by atoms with Crippen LogP contribution in [0.15, 0.2) is 41.4 Å². The fourth-order valence-corrected chi connectivity index (χ4v) is 2.39. The summed E-state index contributed by atoms with van der Waals surface area (Å²) in [5.41, 5.74) is 1.94. The number of benzene rings is 1. The van der Waals surface area contributed by atoms with Gasteiger partial charge in [-0.25, -0.2) is 4.68 Å². The topological polar surface area (TPSA) is 95.1 Å². The summed E-state index contributed by atoms with van der Waals surface area (Å²) in [6.07, 6.45) is 2.75. The van der Waals surface area contributed by atoms with Crippen LogP contribution < -0.4 is 10.1 Å². The first-order valence-electron chi connectivity index (χ1n) is 7.37. The van der Waals surface area contributed by atoms with E-state index < -0.39 is 0 Å². The van der Waals surface area contributed by atoms with Crippen molar-refractivity contribution in [3.05, 3.63) is 53.9 Å². The Balaban J connectivity index is 1.86. The van der Waals surface area contributed by atoms with Crippen LogP contribution in [0.25, 0.3) is 5.69 Å². The molecule has 1 atom stereocenters. The predicted molar refractivity (Wildman–Crippen MR) is 85.0 cm³/mol. The number of para-hydroxylation sites is 2. The highest BCUT2D eigenvalue weighted by molar-refractivity contribution is 5.95. The molecule has 1 aromatic carbocycles. The second kappa shape index (κ2) is 6.53. The van der Waals surface area contributed by atoms with Gasteiger partial charge >= 0.3 is 0 Å². The van der Waals surface area contributed by atoms with E-state index in [1.54, 1.807) is 18.7 Å². The minimum Gasteiger partial charge on any atom is -0.494 e. The fraction of sp³-hybridized carbons (Fsp3) is 0.250.